The second kappa shape index (κ2) is 11.3. The number of rotatable bonds is 8. The molecule has 2 amide bonds. The Morgan fingerprint density at radius 3 is 2.50 bits per heavy atom. The third-order valence-corrected chi connectivity index (χ3v) is 6.76. The molecule has 0 unspecified atom stereocenters. The molecule has 0 spiro atoms. The maximum absolute atomic E-state index is 13.5. The number of nitrogens with zero attached hydrogens (tertiary/aromatic N) is 2. The first-order valence-corrected chi connectivity index (χ1v) is 12.3. The molecule has 2 heterocycles. The van der Waals surface area contributed by atoms with E-state index >= 15 is 0 Å². The lowest BCUT2D eigenvalue weighted by atomic mass is 9.94. The lowest BCUT2D eigenvalue weighted by molar-refractivity contribution is 0.0694. The van der Waals surface area contributed by atoms with E-state index in [4.69, 9.17) is 9.15 Å². The Morgan fingerprint density at radius 2 is 1.81 bits per heavy atom. The van der Waals surface area contributed by atoms with Crippen LogP contribution in [-0.2, 0) is 13.1 Å². The minimum Gasteiger partial charge on any atom is -0.496 e. The average Bonchev–Trinajstić information content (AvgIpc) is 3.33. The van der Waals surface area contributed by atoms with Crippen molar-refractivity contribution in [1.82, 2.24) is 14.8 Å². The smallest absolute Gasteiger partial charge is 0.259 e. The number of carbonyl (C=O) groups is 2. The maximum atomic E-state index is 13.5. The number of aromatic nitrogens is 1. The van der Waals surface area contributed by atoms with E-state index < -0.39 is 11.3 Å². The number of carbonyl (C=O) groups excluding carboxylic acids is 2. The molecule has 0 aliphatic heterocycles. The number of hydrogen-bond acceptors (Lipinski definition) is 5. The monoisotopic (exact) mass is 491 g/mol. The highest BCUT2D eigenvalue weighted by atomic mass is 16.5. The second-order valence-electron chi connectivity index (χ2n) is 9.30. The van der Waals surface area contributed by atoms with Crippen molar-refractivity contribution in [3.05, 3.63) is 87.2 Å². The molecule has 2 aromatic heterocycles. The van der Waals surface area contributed by atoms with Gasteiger partial charge in [-0.3, -0.25) is 14.4 Å². The lowest BCUT2D eigenvalue weighted by Crippen LogP contribution is -2.41. The van der Waals surface area contributed by atoms with Gasteiger partial charge in [-0.2, -0.15) is 0 Å². The number of nitrogens with one attached hydrogen (secondary N) is 1. The molecule has 0 bridgehead atoms. The average molecular weight is 492 g/mol. The van der Waals surface area contributed by atoms with Crippen molar-refractivity contribution in [3.63, 3.8) is 0 Å². The Kier molecular flexibility index (Phi) is 7.93. The van der Waals surface area contributed by atoms with Crippen molar-refractivity contribution in [2.45, 2.75) is 58.2 Å². The Morgan fingerprint density at radius 1 is 1.08 bits per heavy atom. The third-order valence-electron chi connectivity index (χ3n) is 6.76. The van der Waals surface area contributed by atoms with Crippen molar-refractivity contribution in [1.29, 1.82) is 0 Å². The molecule has 8 nitrogen and oxygen atoms in total. The van der Waals surface area contributed by atoms with Crippen LogP contribution in [0.4, 0.5) is 0 Å². The molecule has 1 aliphatic rings. The van der Waals surface area contributed by atoms with Crippen LogP contribution in [0.3, 0.4) is 0 Å². The highest BCUT2D eigenvalue weighted by Gasteiger charge is 2.27. The predicted octanol–water partition coefficient (Wildman–Crippen LogP) is 4.14. The molecule has 0 atom stereocenters. The largest absolute Gasteiger partial charge is 0.496 e. The van der Waals surface area contributed by atoms with Gasteiger partial charge >= 0.3 is 0 Å². The first-order chi connectivity index (χ1) is 17.4. The van der Waals surface area contributed by atoms with Crippen molar-refractivity contribution in [2.75, 3.05) is 14.2 Å². The quantitative estimate of drug-likeness (QED) is 0.511. The lowest BCUT2D eigenvalue weighted by Gasteiger charge is -2.31. The highest BCUT2D eigenvalue weighted by Crippen LogP contribution is 2.23. The van der Waals surface area contributed by atoms with Gasteiger partial charge in [0, 0.05) is 31.0 Å². The number of aryl methyl sites for hydroxylation is 1. The van der Waals surface area contributed by atoms with Gasteiger partial charge in [-0.15, -0.1) is 0 Å². The summed E-state index contributed by atoms with van der Waals surface area (Å²) in [4.78, 5) is 41.7. The molecular weight excluding hydrogens is 458 g/mol. The van der Waals surface area contributed by atoms with Crippen LogP contribution >= 0.6 is 0 Å². The minimum atomic E-state index is -0.577. The number of amides is 2. The Bertz CT molecular complexity index is 1290. The number of para-hydroxylation sites is 1. The molecule has 1 aromatic carbocycles. The van der Waals surface area contributed by atoms with Crippen LogP contribution in [0.2, 0.25) is 0 Å². The molecule has 8 heteroatoms. The summed E-state index contributed by atoms with van der Waals surface area (Å²) in [5.41, 5.74) is 0.183. The van der Waals surface area contributed by atoms with Crippen LogP contribution in [-0.4, -0.2) is 41.5 Å². The van der Waals surface area contributed by atoms with Crippen molar-refractivity contribution >= 4 is 11.8 Å². The van der Waals surface area contributed by atoms with E-state index in [2.05, 4.69) is 5.32 Å². The van der Waals surface area contributed by atoms with E-state index in [9.17, 15) is 14.4 Å². The fourth-order valence-electron chi connectivity index (χ4n) is 4.73. The fourth-order valence-corrected chi connectivity index (χ4v) is 4.73. The molecule has 1 fully saturated rings. The molecule has 1 saturated carbocycles. The number of methoxy groups -OCH3 is 1. The van der Waals surface area contributed by atoms with Crippen molar-refractivity contribution < 1.29 is 18.7 Å². The first-order valence-electron chi connectivity index (χ1n) is 12.3. The summed E-state index contributed by atoms with van der Waals surface area (Å²) < 4.78 is 12.7. The van der Waals surface area contributed by atoms with Crippen LogP contribution in [0.5, 0.6) is 5.75 Å². The Hall–Kier alpha value is -3.81. The molecular formula is C28H33N3O5. The molecule has 0 saturated heterocycles. The van der Waals surface area contributed by atoms with E-state index in [1.807, 2.05) is 37.3 Å². The summed E-state index contributed by atoms with van der Waals surface area (Å²) in [5, 5.41) is 2.75. The van der Waals surface area contributed by atoms with Crippen molar-refractivity contribution in [2.24, 2.45) is 0 Å². The van der Waals surface area contributed by atoms with Crippen molar-refractivity contribution in [3.8, 4) is 5.75 Å². The van der Waals surface area contributed by atoms with E-state index in [0.29, 0.717) is 18.1 Å². The van der Waals surface area contributed by atoms with Gasteiger partial charge in [0.05, 0.1) is 20.2 Å². The zero-order valence-corrected chi connectivity index (χ0v) is 21.1. The van der Waals surface area contributed by atoms with E-state index in [1.165, 1.54) is 6.20 Å². The molecule has 1 N–H and O–H groups in total. The van der Waals surface area contributed by atoms with Gasteiger partial charge in [0.25, 0.3) is 11.8 Å². The van der Waals surface area contributed by atoms with E-state index in [1.54, 1.807) is 35.9 Å². The topological polar surface area (TPSA) is 93.8 Å². The van der Waals surface area contributed by atoms with Crippen LogP contribution in [0.25, 0.3) is 0 Å². The zero-order valence-electron chi connectivity index (χ0n) is 21.1. The molecule has 3 aromatic rings. The normalized spacial score (nSPS) is 13.9. The summed E-state index contributed by atoms with van der Waals surface area (Å²) in [5.74, 6) is 1.08. The summed E-state index contributed by atoms with van der Waals surface area (Å²) >= 11 is 0. The van der Waals surface area contributed by atoms with Gasteiger partial charge in [-0.05, 0) is 38.0 Å². The second-order valence-corrected chi connectivity index (χ2v) is 9.30. The molecule has 190 valence electrons. The van der Waals surface area contributed by atoms with Crippen LogP contribution in [0.15, 0.2) is 58.0 Å². The van der Waals surface area contributed by atoms with Gasteiger partial charge in [-0.1, -0.05) is 37.5 Å². The van der Waals surface area contributed by atoms with Crippen LogP contribution < -0.4 is 15.5 Å². The molecule has 1 aliphatic carbocycles. The van der Waals surface area contributed by atoms with Gasteiger partial charge < -0.3 is 23.9 Å². The molecule has 36 heavy (non-hydrogen) atoms. The molecule has 0 radical (unpaired) electrons. The van der Waals surface area contributed by atoms with Gasteiger partial charge in [0.2, 0.25) is 5.43 Å². The zero-order chi connectivity index (χ0) is 25.7. The standard InChI is InChI=1S/C28H33N3O5/c1-19-13-14-22(36-19)15-29-27(33)23-17-31(16-20-9-7-8-12-25(20)35-3)18-24(26(23)32)28(34)30(2)21-10-5-4-6-11-21/h7-9,12-14,17-18,21H,4-6,10-11,15-16H2,1-3H3,(H,29,33). The van der Waals surface area contributed by atoms with E-state index in [-0.39, 0.29) is 29.6 Å². The summed E-state index contributed by atoms with van der Waals surface area (Å²) in [6, 6.07) is 11.2. The number of ether oxygens (including phenoxy) is 1. The fraction of sp³-hybridized carbons (Fsp3) is 0.393. The van der Waals surface area contributed by atoms with Gasteiger partial charge in [0.15, 0.2) is 0 Å². The maximum Gasteiger partial charge on any atom is 0.259 e. The predicted molar refractivity (Wildman–Crippen MR) is 136 cm³/mol. The summed E-state index contributed by atoms with van der Waals surface area (Å²) in [6.45, 7) is 2.29. The number of furan rings is 1. The first kappa shape index (κ1) is 25.3. The number of hydrogen-bond donors (Lipinski definition) is 1. The highest BCUT2D eigenvalue weighted by molar-refractivity contribution is 5.99. The Balaban J connectivity index is 1.68. The van der Waals surface area contributed by atoms with Gasteiger partial charge in [-0.25, -0.2) is 0 Å². The Labute approximate surface area is 210 Å². The molecule has 4 rings (SSSR count). The number of benzene rings is 1. The minimum absolute atomic E-state index is 0.0144. The summed E-state index contributed by atoms with van der Waals surface area (Å²) in [7, 11) is 3.34. The number of pyridine rings is 1. The summed E-state index contributed by atoms with van der Waals surface area (Å²) in [6.07, 6.45) is 8.16. The van der Waals surface area contributed by atoms with E-state index in [0.717, 1.165) is 43.4 Å². The van der Waals surface area contributed by atoms with Crippen LogP contribution in [0.1, 0.15) is 69.9 Å². The third kappa shape index (κ3) is 5.70. The SMILES string of the molecule is COc1ccccc1Cn1cc(C(=O)NCc2ccc(C)o2)c(=O)c(C(=O)N(C)C2CCCCC2)c1. The van der Waals surface area contributed by atoms with Gasteiger partial charge in [0.1, 0.15) is 28.4 Å². The van der Waals surface area contributed by atoms with Crippen LogP contribution in [0, 0.1) is 6.92 Å².